The van der Waals surface area contributed by atoms with Crippen molar-refractivity contribution < 1.29 is 0 Å². The second kappa shape index (κ2) is 4.07. The number of imidazole rings is 1. The quantitative estimate of drug-likeness (QED) is 0.668. The fourth-order valence-electron chi connectivity index (χ4n) is 1.03. The molecule has 0 radical (unpaired) electrons. The maximum atomic E-state index is 5.86. The number of H-pyrrole nitrogens is 1. The summed E-state index contributed by atoms with van der Waals surface area (Å²) < 4.78 is 0. The first-order valence-electron chi connectivity index (χ1n) is 4.15. The highest BCUT2D eigenvalue weighted by molar-refractivity contribution is 5.03. The fourth-order valence-corrected chi connectivity index (χ4v) is 1.03. The van der Waals surface area contributed by atoms with Gasteiger partial charge in [0.15, 0.2) is 0 Å². The molecule has 0 aliphatic carbocycles. The van der Waals surface area contributed by atoms with Crippen LogP contribution in [0, 0.1) is 0 Å². The van der Waals surface area contributed by atoms with Gasteiger partial charge in [0.05, 0.1) is 6.04 Å². The van der Waals surface area contributed by atoms with E-state index in [1.165, 1.54) is 5.57 Å². The molecule has 66 valence electrons. The van der Waals surface area contributed by atoms with Crippen LogP contribution >= 0.6 is 0 Å². The molecule has 0 aliphatic rings. The van der Waals surface area contributed by atoms with Crippen LogP contribution < -0.4 is 5.73 Å². The summed E-state index contributed by atoms with van der Waals surface area (Å²) in [5.41, 5.74) is 7.03. The number of nitrogens with one attached hydrogen (secondary N) is 1. The minimum Gasteiger partial charge on any atom is -0.347 e. The molecular weight excluding hydrogens is 150 g/mol. The molecular formula is C9H15N3. The van der Waals surface area contributed by atoms with E-state index in [4.69, 9.17) is 5.73 Å². The van der Waals surface area contributed by atoms with Crippen LogP contribution in [0.5, 0.6) is 0 Å². The van der Waals surface area contributed by atoms with Crippen molar-refractivity contribution >= 4 is 0 Å². The maximum Gasteiger partial charge on any atom is 0.123 e. The molecule has 0 fully saturated rings. The van der Waals surface area contributed by atoms with Crippen molar-refractivity contribution in [1.82, 2.24) is 9.97 Å². The van der Waals surface area contributed by atoms with Crippen molar-refractivity contribution in [3.8, 4) is 0 Å². The van der Waals surface area contributed by atoms with Crippen LogP contribution in [0.3, 0.4) is 0 Å². The molecule has 0 aromatic carbocycles. The van der Waals surface area contributed by atoms with Gasteiger partial charge in [0.2, 0.25) is 0 Å². The van der Waals surface area contributed by atoms with Crippen molar-refractivity contribution in [2.45, 2.75) is 25.8 Å². The highest BCUT2D eigenvalue weighted by Gasteiger charge is 2.08. The monoisotopic (exact) mass is 165 g/mol. The molecule has 0 bridgehead atoms. The van der Waals surface area contributed by atoms with E-state index in [1.807, 2.05) is 0 Å². The lowest BCUT2D eigenvalue weighted by Crippen LogP contribution is -2.12. The molecule has 1 rings (SSSR count). The molecule has 1 aromatic heterocycles. The summed E-state index contributed by atoms with van der Waals surface area (Å²) in [4.78, 5) is 7.07. The molecule has 1 unspecified atom stereocenters. The van der Waals surface area contributed by atoms with Crippen LogP contribution in [0.25, 0.3) is 0 Å². The third-order valence-corrected chi connectivity index (χ3v) is 1.88. The molecule has 3 nitrogen and oxygen atoms in total. The van der Waals surface area contributed by atoms with Crippen LogP contribution in [0.15, 0.2) is 24.5 Å². The molecule has 0 spiro atoms. The number of rotatable bonds is 4. The Hall–Kier alpha value is -1.09. The summed E-state index contributed by atoms with van der Waals surface area (Å²) in [5.74, 6) is 0.838. The molecule has 0 amide bonds. The number of hydrogen-bond acceptors (Lipinski definition) is 2. The highest BCUT2D eigenvalue weighted by atomic mass is 14.9. The Morgan fingerprint density at radius 2 is 2.58 bits per heavy atom. The topological polar surface area (TPSA) is 54.7 Å². The first kappa shape index (κ1) is 9.00. The van der Waals surface area contributed by atoms with E-state index in [0.29, 0.717) is 0 Å². The van der Waals surface area contributed by atoms with Gasteiger partial charge in [0, 0.05) is 12.4 Å². The van der Waals surface area contributed by atoms with Crippen LogP contribution in [0.2, 0.25) is 0 Å². The molecule has 3 heteroatoms. The van der Waals surface area contributed by atoms with Gasteiger partial charge in [-0.3, -0.25) is 0 Å². The van der Waals surface area contributed by atoms with Gasteiger partial charge in [-0.1, -0.05) is 19.1 Å². The molecule has 1 heterocycles. The van der Waals surface area contributed by atoms with Crippen LogP contribution in [0.4, 0.5) is 0 Å². The molecule has 1 aromatic rings. The van der Waals surface area contributed by atoms with Gasteiger partial charge in [0.25, 0.3) is 0 Å². The number of aromatic nitrogens is 2. The van der Waals surface area contributed by atoms with E-state index >= 15 is 0 Å². The van der Waals surface area contributed by atoms with E-state index < -0.39 is 0 Å². The van der Waals surface area contributed by atoms with E-state index in [2.05, 4.69) is 23.5 Å². The standard InChI is InChI=1S/C9H15N3/c1-3-7(2)6-8(10)9-11-4-5-12-9/h4-5,8H,2-3,6,10H2,1H3,(H,11,12). The lowest BCUT2D eigenvalue weighted by Gasteiger charge is -2.08. The first-order valence-corrected chi connectivity index (χ1v) is 4.15. The lowest BCUT2D eigenvalue weighted by atomic mass is 10.1. The molecule has 0 saturated heterocycles. The summed E-state index contributed by atoms with van der Waals surface area (Å²) in [7, 11) is 0. The minimum atomic E-state index is -0.0348. The number of aromatic amines is 1. The van der Waals surface area contributed by atoms with Crippen molar-refractivity contribution in [2.75, 3.05) is 0 Å². The number of nitrogens with zero attached hydrogens (tertiary/aromatic N) is 1. The third kappa shape index (κ3) is 2.20. The van der Waals surface area contributed by atoms with Crippen LogP contribution in [-0.4, -0.2) is 9.97 Å². The van der Waals surface area contributed by atoms with E-state index in [1.54, 1.807) is 12.4 Å². The van der Waals surface area contributed by atoms with Gasteiger partial charge >= 0.3 is 0 Å². The van der Waals surface area contributed by atoms with Gasteiger partial charge in [0.1, 0.15) is 5.82 Å². The smallest absolute Gasteiger partial charge is 0.123 e. The van der Waals surface area contributed by atoms with Gasteiger partial charge in [-0.05, 0) is 12.8 Å². The third-order valence-electron chi connectivity index (χ3n) is 1.88. The average molecular weight is 165 g/mol. The Balaban J connectivity index is 2.49. The van der Waals surface area contributed by atoms with E-state index in [9.17, 15) is 0 Å². The van der Waals surface area contributed by atoms with E-state index in [0.717, 1.165) is 18.7 Å². The molecule has 1 atom stereocenters. The molecule has 0 saturated carbocycles. The number of hydrogen-bond donors (Lipinski definition) is 2. The van der Waals surface area contributed by atoms with Gasteiger partial charge in [-0.15, -0.1) is 0 Å². The normalized spacial score (nSPS) is 12.8. The van der Waals surface area contributed by atoms with Crippen molar-refractivity contribution in [3.05, 3.63) is 30.4 Å². The first-order chi connectivity index (χ1) is 5.74. The predicted octanol–water partition coefficient (Wildman–Crippen LogP) is 1.77. The fraction of sp³-hybridized carbons (Fsp3) is 0.444. The Bertz CT molecular complexity index is 238. The summed E-state index contributed by atoms with van der Waals surface area (Å²) in [5, 5.41) is 0. The van der Waals surface area contributed by atoms with Crippen LogP contribution in [-0.2, 0) is 0 Å². The summed E-state index contributed by atoms with van der Waals surface area (Å²) in [6, 6.07) is -0.0348. The summed E-state index contributed by atoms with van der Waals surface area (Å²) >= 11 is 0. The predicted molar refractivity (Wildman–Crippen MR) is 49.6 cm³/mol. The zero-order chi connectivity index (χ0) is 8.97. The summed E-state index contributed by atoms with van der Waals surface area (Å²) in [6.07, 6.45) is 5.28. The lowest BCUT2D eigenvalue weighted by molar-refractivity contribution is 0.662. The zero-order valence-corrected chi connectivity index (χ0v) is 7.38. The van der Waals surface area contributed by atoms with Gasteiger partial charge in [-0.25, -0.2) is 4.98 Å². The largest absolute Gasteiger partial charge is 0.347 e. The second-order valence-electron chi connectivity index (χ2n) is 2.89. The van der Waals surface area contributed by atoms with Crippen molar-refractivity contribution in [1.29, 1.82) is 0 Å². The Kier molecular flexibility index (Phi) is 3.05. The Morgan fingerprint density at radius 3 is 3.08 bits per heavy atom. The summed E-state index contributed by atoms with van der Waals surface area (Å²) in [6.45, 7) is 5.98. The van der Waals surface area contributed by atoms with Crippen molar-refractivity contribution in [3.63, 3.8) is 0 Å². The number of nitrogens with two attached hydrogens (primary N) is 1. The van der Waals surface area contributed by atoms with Gasteiger partial charge in [-0.2, -0.15) is 0 Å². The van der Waals surface area contributed by atoms with Crippen LogP contribution in [0.1, 0.15) is 31.6 Å². The SMILES string of the molecule is C=C(CC)CC(N)c1ncc[nH]1. The molecule has 3 N–H and O–H groups in total. The minimum absolute atomic E-state index is 0.0348. The Labute approximate surface area is 72.7 Å². The average Bonchev–Trinajstić information content (AvgIpc) is 2.56. The maximum absolute atomic E-state index is 5.86. The molecule has 0 aliphatic heterocycles. The second-order valence-corrected chi connectivity index (χ2v) is 2.89. The van der Waals surface area contributed by atoms with E-state index in [-0.39, 0.29) is 6.04 Å². The molecule has 12 heavy (non-hydrogen) atoms. The van der Waals surface area contributed by atoms with Crippen molar-refractivity contribution in [2.24, 2.45) is 5.73 Å². The zero-order valence-electron chi connectivity index (χ0n) is 7.38. The highest BCUT2D eigenvalue weighted by Crippen LogP contribution is 2.15. The van der Waals surface area contributed by atoms with Gasteiger partial charge < -0.3 is 10.7 Å². The Morgan fingerprint density at radius 1 is 1.83 bits per heavy atom.